The summed E-state index contributed by atoms with van der Waals surface area (Å²) in [5, 5.41) is 9.59. The molecule has 0 saturated heterocycles. The molecular weight excluding hydrogens is 362 g/mol. The molecule has 0 aliphatic carbocycles. The molecule has 1 heterocycles. The van der Waals surface area contributed by atoms with Crippen LogP contribution in [0.1, 0.15) is 39.2 Å². The van der Waals surface area contributed by atoms with Crippen molar-refractivity contribution in [3.8, 4) is 11.8 Å². The van der Waals surface area contributed by atoms with Gasteiger partial charge in [-0.3, -0.25) is 4.79 Å². The Bertz CT molecular complexity index is 886. The first-order valence-corrected chi connectivity index (χ1v) is 8.56. The molecule has 2 rings (SSSR count). The molecule has 4 N–H and O–H groups in total. The average Bonchev–Trinajstić information content (AvgIpc) is 2.58. The van der Waals surface area contributed by atoms with E-state index in [0.717, 1.165) is 0 Å². The molecule has 1 aliphatic heterocycles. The number of nitriles is 1. The largest absolute Gasteiger partial charge is 0.484 e. The highest BCUT2D eigenvalue weighted by Gasteiger charge is 2.37. The van der Waals surface area contributed by atoms with E-state index < -0.39 is 23.4 Å². The Morgan fingerprint density at radius 2 is 1.86 bits per heavy atom. The van der Waals surface area contributed by atoms with Gasteiger partial charge in [-0.05, 0) is 45.4 Å². The van der Waals surface area contributed by atoms with Crippen LogP contribution in [-0.4, -0.2) is 24.1 Å². The van der Waals surface area contributed by atoms with Gasteiger partial charge >= 0.3 is 5.97 Å². The van der Waals surface area contributed by atoms with Crippen LogP contribution in [-0.2, 0) is 19.1 Å². The minimum atomic E-state index is -0.751. The van der Waals surface area contributed by atoms with Crippen LogP contribution in [0.2, 0.25) is 0 Å². The molecule has 8 nitrogen and oxygen atoms in total. The predicted molar refractivity (Wildman–Crippen MR) is 100 cm³/mol. The van der Waals surface area contributed by atoms with E-state index >= 15 is 0 Å². The van der Waals surface area contributed by atoms with Gasteiger partial charge in [0.2, 0.25) is 5.88 Å². The van der Waals surface area contributed by atoms with E-state index in [1.165, 1.54) is 0 Å². The van der Waals surface area contributed by atoms with Crippen LogP contribution in [0.5, 0.6) is 5.75 Å². The summed E-state index contributed by atoms with van der Waals surface area (Å²) in [6.45, 7) is 6.59. The van der Waals surface area contributed by atoms with Gasteiger partial charge in [-0.1, -0.05) is 12.1 Å². The van der Waals surface area contributed by atoms with Crippen molar-refractivity contribution in [2.45, 2.75) is 39.2 Å². The number of ether oxygens (including phenoxy) is 3. The second-order valence-electron chi connectivity index (χ2n) is 7.22. The molecule has 0 spiro atoms. The number of allylic oxidation sites excluding steroid dienone is 2. The quantitative estimate of drug-likeness (QED) is 0.739. The minimum Gasteiger partial charge on any atom is -0.484 e. The Kier molecular flexibility index (Phi) is 5.99. The van der Waals surface area contributed by atoms with Crippen molar-refractivity contribution in [3.63, 3.8) is 0 Å². The van der Waals surface area contributed by atoms with Crippen LogP contribution in [0.25, 0.3) is 0 Å². The Morgan fingerprint density at radius 1 is 1.25 bits per heavy atom. The van der Waals surface area contributed by atoms with Gasteiger partial charge in [0.25, 0.3) is 5.91 Å². The number of hydrogen-bond acceptors (Lipinski definition) is 7. The number of primary amides is 1. The van der Waals surface area contributed by atoms with Crippen LogP contribution < -0.4 is 16.2 Å². The number of carbonyl (C=O) groups is 2. The summed E-state index contributed by atoms with van der Waals surface area (Å²) < 4.78 is 16.1. The summed E-state index contributed by atoms with van der Waals surface area (Å²) in [4.78, 5) is 23.7. The highest BCUT2D eigenvalue weighted by Crippen LogP contribution is 2.40. The number of nitrogens with two attached hydrogens (primary N) is 2. The molecule has 0 bridgehead atoms. The van der Waals surface area contributed by atoms with E-state index in [1.54, 1.807) is 52.0 Å². The van der Waals surface area contributed by atoms with Crippen molar-refractivity contribution >= 4 is 11.9 Å². The fourth-order valence-corrected chi connectivity index (χ4v) is 2.72. The van der Waals surface area contributed by atoms with E-state index in [4.69, 9.17) is 25.7 Å². The van der Waals surface area contributed by atoms with Crippen LogP contribution in [0.3, 0.4) is 0 Å². The maximum Gasteiger partial charge on any atom is 0.338 e. The molecule has 8 heteroatoms. The van der Waals surface area contributed by atoms with Crippen LogP contribution in [0.4, 0.5) is 0 Å². The lowest BCUT2D eigenvalue weighted by Gasteiger charge is -2.29. The Balaban J connectivity index is 2.45. The molecule has 1 aromatic rings. The smallest absolute Gasteiger partial charge is 0.338 e. The van der Waals surface area contributed by atoms with Gasteiger partial charge in [0.1, 0.15) is 28.8 Å². The molecule has 28 heavy (non-hydrogen) atoms. The molecule has 0 saturated carbocycles. The Labute approximate surface area is 163 Å². The molecule has 148 valence electrons. The molecule has 0 fully saturated rings. The zero-order chi connectivity index (χ0) is 21.1. The van der Waals surface area contributed by atoms with E-state index in [9.17, 15) is 14.9 Å². The van der Waals surface area contributed by atoms with Gasteiger partial charge in [-0.15, -0.1) is 0 Å². The van der Waals surface area contributed by atoms with E-state index in [0.29, 0.717) is 11.3 Å². The summed E-state index contributed by atoms with van der Waals surface area (Å²) in [5.41, 5.74) is 11.2. The van der Waals surface area contributed by atoms with Crippen molar-refractivity contribution in [1.82, 2.24) is 0 Å². The highest BCUT2D eigenvalue weighted by molar-refractivity contribution is 5.92. The number of rotatable bonds is 5. The Hall–Kier alpha value is -3.47. The molecule has 1 atom stereocenters. The lowest BCUT2D eigenvalue weighted by Crippen LogP contribution is -2.30. The van der Waals surface area contributed by atoms with Crippen molar-refractivity contribution in [3.05, 3.63) is 52.6 Å². The van der Waals surface area contributed by atoms with Crippen molar-refractivity contribution < 1.29 is 23.8 Å². The van der Waals surface area contributed by atoms with Crippen LogP contribution in [0, 0.1) is 11.3 Å². The first kappa shape index (κ1) is 20.8. The van der Waals surface area contributed by atoms with Crippen LogP contribution in [0.15, 0.2) is 47.1 Å². The van der Waals surface area contributed by atoms with Gasteiger partial charge in [0.05, 0.1) is 11.5 Å². The fourth-order valence-electron chi connectivity index (χ4n) is 2.72. The monoisotopic (exact) mass is 385 g/mol. The molecular formula is C20H23N3O5. The minimum absolute atomic E-state index is 0.0636. The van der Waals surface area contributed by atoms with E-state index in [1.807, 2.05) is 6.07 Å². The standard InChI is InChI=1S/C20H23N3O5/c1-11-16(19(25)28-20(2,3)4)17(14(9-21)18(23)27-11)12-5-7-13(8-6-12)26-10-15(22)24/h5-8,17H,10,23H2,1-4H3,(H2,22,24)/t17-/m0/s1. The Morgan fingerprint density at radius 3 is 2.36 bits per heavy atom. The fraction of sp³-hybridized carbons (Fsp3) is 0.350. The molecule has 1 aliphatic rings. The third kappa shape index (κ3) is 4.82. The van der Waals surface area contributed by atoms with Gasteiger partial charge in [0, 0.05) is 0 Å². The normalized spacial score (nSPS) is 16.9. The van der Waals surface area contributed by atoms with Gasteiger partial charge in [-0.25, -0.2) is 4.79 Å². The zero-order valence-corrected chi connectivity index (χ0v) is 16.2. The van der Waals surface area contributed by atoms with E-state index in [-0.39, 0.29) is 29.4 Å². The van der Waals surface area contributed by atoms with Crippen molar-refractivity contribution in [2.75, 3.05) is 6.61 Å². The summed E-state index contributed by atoms with van der Waals surface area (Å²) >= 11 is 0. The third-order valence-electron chi connectivity index (χ3n) is 3.82. The van der Waals surface area contributed by atoms with Gasteiger partial charge < -0.3 is 25.7 Å². The maximum atomic E-state index is 12.8. The highest BCUT2D eigenvalue weighted by atomic mass is 16.6. The second kappa shape index (κ2) is 8.05. The molecule has 0 radical (unpaired) electrons. The summed E-state index contributed by atoms with van der Waals surface area (Å²) in [6, 6.07) is 8.59. The third-order valence-corrected chi connectivity index (χ3v) is 3.82. The first-order valence-electron chi connectivity index (χ1n) is 8.56. The molecule has 0 aromatic heterocycles. The number of carbonyl (C=O) groups excluding carboxylic acids is 2. The molecule has 1 aromatic carbocycles. The molecule has 1 amide bonds. The maximum absolute atomic E-state index is 12.8. The van der Waals surface area contributed by atoms with Gasteiger partial charge in [0.15, 0.2) is 6.61 Å². The topological polar surface area (TPSA) is 138 Å². The summed E-state index contributed by atoms with van der Waals surface area (Å²) in [6.07, 6.45) is 0. The SMILES string of the molecule is CC1=C(C(=O)OC(C)(C)C)[C@@H](c2ccc(OCC(N)=O)cc2)C(C#N)=C(N)O1. The summed E-state index contributed by atoms with van der Waals surface area (Å²) in [7, 11) is 0. The van der Waals surface area contributed by atoms with Crippen LogP contribution >= 0.6 is 0 Å². The number of esters is 1. The zero-order valence-electron chi connectivity index (χ0n) is 16.2. The number of benzene rings is 1. The summed E-state index contributed by atoms with van der Waals surface area (Å²) in [5.74, 6) is -1.31. The predicted octanol–water partition coefficient (Wildman–Crippen LogP) is 1.97. The second-order valence-corrected chi connectivity index (χ2v) is 7.22. The lowest BCUT2D eigenvalue weighted by molar-refractivity contribution is -0.150. The van der Waals surface area contributed by atoms with Gasteiger partial charge in [-0.2, -0.15) is 5.26 Å². The van der Waals surface area contributed by atoms with Crippen molar-refractivity contribution in [1.29, 1.82) is 5.26 Å². The number of amides is 1. The van der Waals surface area contributed by atoms with E-state index in [2.05, 4.69) is 0 Å². The average molecular weight is 385 g/mol. The number of nitrogens with zero attached hydrogens (tertiary/aromatic N) is 1. The lowest BCUT2D eigenvalue weighted by atomic mass is 9.83. The first-order chi connectivity index (χ1) is 13.0. The molecule has 0 unspecified atom stereocenters. The number of hydrogen-bond donors (Lipinski definition) is 2. The van der Waals surface area contributed by atoms with Crippen molar-refractivity contribution in [2.24, 2.45) is 11.5 Å².